The number of amides is 1. The van der Waals surface area contributed by atoms with Gasteiger partial charge in [-0.1, -0.05) is 12.1 Å². The second-order valence-corrected chi connectivity index (χ2v) is 10.1. The summed E-state index contributed by atoms with van der Waals surface area (Å²) in [4.78, 5) is 16.5. The SMILES string of the molecule is CC(C)(C)OC(=O)N1CCN(Cc2ccc3c(c2)-c2[nH]nc(-c4ccsc4)c2C3)CC1. The summed E-state index contributed by atoms with van der Waals surface area (Å²) in [5.41, 5.74) is 8.21. The molecule has 1 aliphatic heterocycles. The van der Waals surface area contributed by atoms with E-state index in [2.05, 4.69) is 50.1 Å². The molecule has 0 unspecified atom stereocenters. The summed E-state index contributed by atoms with van der Waals surface area (Å²) in [5, 5.41) is 12.1. The summed E-state index contributed by atoms with van der Waals surface area (Å²) in [7, 11) is 0. The number of aromatic nitrogens is 2. The molecular formula is C24H28N4O2S. The Balaban J connectivity index is 1.25. The highest BCUT2D eigenvalue weighted by Gasteiger charge is 2.27. The highest BCUT2D eigenvalue weighted by molar-refractivity contribution is 7.08. The minimum absolute atomic E-state index is 0.210. The van der Waals surface area contributed by atoms with Crippen LogP contribution in [-0.4, -0.2) is 57.9 Å². The molecule has 0 spiro atoms. The average molecular weight is 437 g/mol. The van der Waals surface area contributed by atoms with Crippen LogP contribution in [0.1, 0.15) is 37.5 Å². The van der Waals surface area contributed by atoms with Crippen LogP contribution in [0, 0.1) is 0 Å². The molecule has 1 fully saturated rings. The zero-order valence-corrected chi connectivity index (χ0v) is 19.1. The van der Waals surface area contributed by atoms with E-state index in [-0.39, 0.29) is 6.09 Å². The van der Waals surface area contributed by atoms with E-state index in [0.29, 0.717) is 13.1 Å². The molecule has 31 heavy (non-hydrogen) atoms. The first-order chi connectivity index (χ1) is 14.9. The Morgan fingerprint density at radius 2 is 2.00 bits per heavy atom. The molecular weight excluding hydrogens is 408 g/mol. The van der Waals surface area contributed by atoms with Crippen LogP contribution in [0.5, 0.6) is 0 Å². The highest BCUT2D eigenvalue weighted by Crippen LogP contribution is 2.40. The first-order valence-electron chi connectivity index (χ1n) is 10.8. The third-order valence-electron chi connectivity index (χ3n) is 5.90. The minimum Gasteiger partial charge on any atom is -0.444 e. The monoisotopic (exact) mass is 436 g/mol. The normalized spacial score (nSPS) is 16.3. The number of H-pyrrole nitrogens is 1. The summed E-state index contributed by atoms with van der Waals surface area (Å²) >= 11 is 1.70. The van der Waals surface area contributed by atoms with Crippen LogP contribution in [0.25, 0.3) is 22.5 Å². The molecule has 2 aromatic heterocycles. The smallest absolute Gasteiger partial charge is 0.410 e. The molecule has 3 aromatic rings. The number of piperazine rings is 1. The van der Waals surface area contributed by atoms with Crippen molar-refractivity contribution in [2.45, 2.75) is 39.3 Å². The topological polar surface area (TPSA) is 61.5 Å². The lowest BCUT2D eigenvalue weighted by Crippen LogP contribution is -2.49. The number of hydrogen-bond donors (Lipinski definition) is 1. The maximum absolute atomic E-state index is 12.3. The van der Waals surface area contributed by atoms with Crippen molar-refractivity contribution in [3.05, 3.63) is 51.7 Å². The van der Waals surface area contributed by atoms with Crippen LogP contribution in [0.4, 0.5) is 4.79 Å². The van der Waals surface area contributed by atoms with Crippen molar-refractivity contribution in [1.29, 1.82) is 0 Å². The van der Waals surface area contributed by atoms with Crippen molar-refractivity contribution >= 4 is 17.4 Å². The summed E-state index contributed by atoms with van der Waals surface area (Å²) < 4.78 is 5.50. The van der Waals surface area contributed by atoms with Crippen molar-refractivity contribution < 1.29 is 9.53 Å². The molecule has 1 saturated heterocycles. The summed E-state index contributed by atoms with van der Waals surface area (Å²) in [6, 6.07) is 8.93. The summed E-state index contributed by atoms with van der Waals surface area (Å²) in [6.07, 6.45) is 0.721. The molecule has 0 bridgehead atoms. The van der Waals surface area contributed by atoms with Gasteiger partial charge in [-0.25, -0.2) is 4.79 Å². The Labute approximate surface area is 186 Å². The van der Waals surface area contributed by atoms with Gasteiger partial charge < -0.3 is 9.64 Å². The molecule has 3 heterocycles. The number of ether oxygens (including phenoxy) is 1. The fourth-order valence-corrected chi connectivity index (χ4v) is 5.01. The largest absolute Gasteiger partial charge is 0.444 e. The van der Waals surface area contributed by atoms with E-state index < -0.39 is 5.60 Å². The Bertz CT molecular complexity index is 1090. The number of nitrogens with one attached hydrogen (secondary N) is 1. The van der Waals surface area contributed by atoms with Gasteiger partial charge >= 0.3 is 6.09 Å². The lowest BCUT2D eigenvalue weighted by molar-refractivity contribution is 0.0139. The molecule has 0 radical (unpaired) electrons. The van der Waals surface area contributed by atoms with Crippen molar-refractivity contribution in [3.63, 3.8) is 0 Å². The van der Waals surface area contributed by atoms with Gasteiger partial charge in [0.15, 0.2) is 0 Å². The van der Waals surface area contributed by atoms with E-state index in [0.717, 1.165) is 37.4 Å². The van der Waals surface area contributed by atoms with E-state index in [1.165, 1.54) is 27.8 Å². The molecule has 1 aromatic carbocycles. The van der Waals surface area contributed by atoms with Crippen LogP contribution >= 0.6 is 11.3 Å². The van der Waals surface area contributed by atoms with Gasteiger partial charge in [0.1, 0.15) is 5.60 Å². The van der Waals surface area contributed by atoms with Gasteiger partial charge in [-0.3, -0.25) is 10.00 Å². The van der Waals surface area contributed by atoms with Gasteiger partial charge in [-0.2, -0.15) is 16.4 Å². The molecule has 5 rings (SSSR count). The zero-order valence-electron chi connectivity index (χ0n) is 18.3. The molecule has 1 amide bonds. The Hall–Kier alpha value is -2.64. The van der Waals surface area contributed by atoms with Crippen LogP contribution in [0.15, 0.2) is 35.0 Å². The maximum atomic E-state index is 12.3. The van der Waals surface area contributed by atoms with Gasteiger partial charge in [-0.05, 0) is 49.4 Å². The standard InChI is InChI=1S/C24H28N4O2S/c1-24(2,3)30-23(29)28-9-7-27(8-10-28)14-16-4-5-17-13-20-21(18-6-11-31-15-18)25-26-22(20)19(17)12-16/h4-6,11-12,15H,7-10,13-14H2,1-3H3,(H,25,26). The lowest BCUT2D eigenvalue weighted by atomic mass is 10.0. The molecule has 162 valence electrons. The average Bonchev–Trinajstić information content (AvgIpc) is 3.44. The maximum Gasteiger partial charge on any atom is 0.410 e. The zero-order chi connectivity index (χ0) is 21.6. The number of carbonyl (C=O) groups is 1. The van der Waals surface area contributed by atoms with E-state index in [1.54, 1.807) is 11.3 Å². The minimum atomic E-state index is -0.451. The number of thiophene rings is 1. The second-order valence-electron chi connectivity index (χ2n) is 9.35. The third kappa shape index (κ3) is 4.12. The van der Waals surface area contributed by atoms with Gasteiger partial charge in [0.25, 0.3) is 0 Å². The molecule has 7 heteroatoms. The van der Waals surface area contributed by atoms with Gasteiger partial charge in [-0.15, -0.1) is 0 Å². The molecule has 0 saturated carbocycles. The molecule has 0 atom stereocenters. The van der Waals surface area contributed by atoms with E-state index in [4.69, 9.17) is 4.74 Å². The number of rotatable bonds is 3. The number of carbonyl (C=O) groups excluding carboxylic acids is 1. The van der Waals surface area contributed by atoms with Gasteiger partial charge in [0, 0.05) is 61.2 Å². The molecule has 1 N–H and O–H groups in total. The van der Waals surface area contributed by atoms with Gasteiger partial charge in [0.2, 0.25) is 0 Å². The second kappa shape index (κ2) is 7.80. The van der Waals surface area contributed by atoms with E-state index in [9.17, 15) is 4.79 Å². The van der Waals surface area contributed by atoms with Crippen molar-refractivity contribution in [2.24, 2.45) is 0 Å². The number of aromatic amines is 1. The Morgan fingerprint density at radius 1 is 1.19 bits per heavy atom. The quantitative estimate of drug-likeness (QED) is 0.503. The van der Waals surface area contributed by atoms with Crippen molar-refractivity contribution in [3.8, 4) is 22.5 Å². The van der Waals surface area contributed by atoms with Crippen LogP contribution in [-0.2, 0) is 17.7 Å². The molecule has 1 aliphatic carbocycles. The predicted molar refractivity (Wildman–Crippen MR) is 123 cm³/mol. The van der Waals surface area contributed by atoms with Crippen LogP contribution in [0.3, 0.4) is 0 Å². The van der Waals surface area contributed by atoms with E-state index >= 15 is 0 Å². The first-order valence-corrected chi connectivity index (χ1v) is 11.7. The number of nitrogens with zero attached hydrogens (tertiary/aromatic N) is 3. The molecule has 2 aliphatic rings. The van der Waals surface area contributed by atoms with Crippen LogP contribution < -0.4 is 0 Å². The summed E-state index contributed by atoms with van der Waals surface area (Å²) in [6.45, 7) is 9.72. The Kier molecular flexibility index (Phi) is 5.10. The number of fused-ring (bicyclic) bond motifs is 3. The fourth-order valence-electron chi connectivity index (χ4n) is 4.37. The third-order valence-corrected chi connectivity index (χ3v) is 6.59. The summed E-state index contributed by atoms with van der Waals surface area (Å²) in [5.74, 6) is 0. The highest BCUT2D eigenvalue weighted by atomic mass is 32.1. The first kappa shape index (κ1) is 20.3. The molecule has 6 nitrogen and oxygen atoms in total. The van der Waals surface area contributed by atoms with Gasteiger partial charge in [0.05, 0.1) is 11.4 Å². The van der Waals surface area contributed by atoms with Crippen LogP contribution in [0.2, 0.25) is 0 Å². The van der Waals surface area contributed by atoms with Crippen molar-refractivity contribution in [1.82, 2.24) is 20.0 Å². The van der Waals surface area contributed by atoms with Crippen molar-refractivity contribution in [2.75, 3.05) is 26.2 Å². The Morgan fingerprint density at radius 3 is 2.71 bits per heavy atom. The lowest BCUT2D eigenvalue weighted by Gasteiger charge is -2.35. The fraction of sp³-hybridized carbons (Fsp3) is 0.417. The predicted octanol–water partition coefficient (Wildman–Crippen LogP) is 4.76. The number of benzene rings is 1. The van der Waals surface area contributed by atoms with E-state index in [1.807, 2.05) is 25.7 Å². The number of hydrogen-bond acceptors (Lipinski definition) is 5.